The summed E-state index contributed by atoms with van der Waals surface area (Å²) in [5, 5.41) is 2.86. The standard InChI is InChI=1S/C16H22N4O4/c1-11-9-18-13(10-22-2)20(11)8-7-17-15(21)12-5-6-14(23-3)19-16(12)24-4/h5-6,9H,7-8,10H2,1-4H3,(H,17,21). The van der Waals surface area contributed by atoms with Gasteiger partial charge in [-0.2, -0.15) is 4.98 Å². The Labute approximate surface area is 140 Å². The largest absolute Gasteiger partial charge is 0.481 e. The average molecular weight is 334 g/mol. The maximum Gasteiger partial charge on any atom is 0.256 e. The van der Waals surface area contributed by atoms with Gasteiger partial charge < -0.3 is 24.1 Å². The lowest BCUT2D eigenvalue weighted by Gasteiger charge is -2.12. The molecule has 0 unspecified atom stereocenters. The highest BCUT2D eigenvalue weighted by molar-refractivity contribution is 5.96. The number of carbonyl (C=O) groups is 1. The van der Waals surface area contributed by atoms with E-state index in [1.54, 1.807) is 25.4 Å². The second-order valence-electron chi connectivity index (χ2n) is 5.07. The lowest BCUT2D eigenvalue weighted by Crippen LogP contribution is -2.28. The first-order chi connectivity index (χ1) is 11.6. The van der Waals surface area contributed by atoms with Crippen molar-refractivity contribution < 1.29 is 19.0 Å². The molecule has 0 aromatic carbocycles. The Bertz CT molecular complexity index is 699. The minimum Gasteiger partial charge on any atom is -0.481 e. The second-order valence-corrected chi connectivity index (χ2v) is 5.07. The Morgan fingerprint density at radius 2 is 2.04 bits per heavy atom. The molecule has 0 aliphatic rings. The van der Waals surface area contributed by atoms with Crippen molar-refractivity contribution in [2.45, 2.75) is 20.1 Å². The lowest BCUT2D eigenvalue weighted by molar-refractivity contribution is 0.0948. The normalized spacial score (nSPS) is 10.5. The van der Waals surface area contributed by atoms with Crippen LogP contribution >= 0.6 is 0 Å². The van der Waals surface area contributed by atoms with Crippen LogP contribution in [0, 0.1) is 6.92 Å². The fraction of sp³-hybridized carbons (Fsp3) is 0.438. The number of hydrogen-bond donors (Lipinski definition) is 1. The zero-order valence-corrected chi connectivity index (χ0v) is 14.3. The molecular formula is C16H22N4O4. The van der Waals surface area contributed by atoms with Crippen molar-refractivity contribution in [3.8, 4) is 11.8 Å². The first-order valence-electron chi connectivity index (χ1n) is 7.47. The minimum absolute atomic E-state index is 0.228. The molecule has 0 saturated heterocycles. The molecule has 8 nitrogen and oxygen atoms in total. The number of nitrogens with one attached hydrogen (secondary N) is 1. The maximum absolute atomic E-state index is 12.3. The van der Waals surface area contributed by atoms with Gasteiger partial charge >= 0.3 is 0 Å². The number of ether oxygens (including phenoxy) is 3. The Morgan fingerprint density at radius 3 is 2.71 bits per heavy atom. The summed E-state index contributed by atoms with van der Waals surface area (Å²) in [6.45, 7) is 3.44. The van der Waals surface area contributed by atoms with E-state index < -0.39 is 0 Å². The van der Waals surface area contributed by atoms with E-state index in [9.17, 15) is 4.79 Å². The quantitative estimate of drug-likeness (QED) is 0.780. The maximum atomic E-state index is 12.3. The predicted octanol–water partition coefficient (Wildman–Crippen LogP) is 1.18. The number of imidazole rings is 1. The molecule has 24 heavy (non-hydrogen) atoms. The summed E-state index contributed by atoms with van der Waals surface area (Å²) in [6, 6.07) is 3.24. The molecule has 2 aromatic heterocycles. The van der Waals surface area contributed by atoms with Gasteiger partial charge in [0.05, 0.1) is 14.2 Å². The van der Waals surface area contributed by atoms with Crippen LogP contribution in [0.5, 0.6) is 11.8 Å². The third-order valence-electron chi connectivity index (χ3n) is 3.51. The number of amides is 1. The van der Waals surface area contributed by atoms with Crippen LogP contribution in [0.2, 0.25) is 0 Å². The molecule has 0 fully saturated rings. The fourth-order valence-electron chi connectivity index (χ4n) is 2.30. The molecule has 8 heteroatoms. The fourth-order valence-corrected chi connectivity index (χ4v) is 2.30. The molecular weight excluding hydrogens is 312 g/mol. The lowest BCUT2D eigenvalue weighted by atomic mass is 10.2. The number of methoxy groups -OCH3 is 3. The Hall–Kier alpha value is -2.61. The summed E-state index contributed by atoms with van der Waals surface area (Å²) in [6.07, 6.45) is 1.78. The van der Waals surface area contributed by atoms with Crippen molar-refractivity contribution in [3.63, 3.8) is 0 Å². The Balaban J connectivity index is 2.00. The molecule has 0 atom stereocenters. The van der Waals surface area contributed by atoms with Gasteiger partial charge in [0.25, 0.3) is 5.91 Å². The van der Waals surface area contributed by atoms with E-state index in [1.807, 2.05) is 11.5 Å². The third-order valence-corrected chi connectivity index (χ3v) is 3.51. The third kappa shape index (κ3) is 4.02. The summed E-state index contributed by atoms with van der Waals surface area (Å²) in [5.74, 6) is 1.19. The number of rotatable bonds is 8. The number of pyridine rings is 1. The Morgan fingerprint density at radius 1 is 1.25 bits per heavy atom. The molecule has 2 aromatic rings. The highest BCUT2D eigenvalue weighted by Crippen LogP contribution is 2.19. The zero-order chi connectivity index (χ0) is 17.5. The van der Waals surface area contributed by atoms with Gasteiger partial charge in [-0.15, -0.1) is 0 Å². The summed E-state index contributed by atoms with van der Waals surface area (Å²) in [5.41, 5.74) is 1.37. The predicted molar refractivity (Wildman–Crippen MR) is 87.4 cm³/mol. The smallest absolute Gasteiger partial charge is 0.256 e. The van der Waals surface area contributed by atoms with Gasteiger partial charge in [-0.3, -0.25) is 4.79 Å². The number of carbonyl (C=O) groups excluding carboxylic acids is 1. The van der Waals surface area contributed by atoms with Crippen molar-refractivity contribution in [2.75, 3.05) is 27.9 Å². The Kier molecular flexibility index (Phi) is 6.14. The second kappa shape index (κ2) is 8.30. The van der Waals surface area contributed by atoms with E-state index in [4.69, 9.17) is 14.2 Å². The van der Waals surface area contributed by atoms with Crippen LogP contribution in [0.3, 0.4) is 0 Å². The molecule has 1 N–H and O–H groups in total. The van der Waals surface area contributed by atoms with E-state index in [2.05, 4.69) is 15.3 Å². The highest BCUT2D eigenvalue weighted by atomic mass is 16.5. The average Bonchev–Trinajstić information content (AvgIpc) is 2.94. The van der Waals surface area contributed by atoms with Crippen LogP contribution in [0.25, 0.3) is 0 Å². The van der Waals surface area contributed by atoms with Crippen LogP contribution in [0.1, 0.15) is 21.9 Å². The van der Waals surface area contributed by atoms with Gasteiger partial charge in [-0.25, -0.2) is 4.98 Å². The number of nitrogens with zero attached hydrogens (tertiary/aromatic N) is 3. The van der Waals surface area contributed by atoms with Crippen molar-refractivity contribution in [1.82, 2.24) is 19.9 Å². The molecule has 0 aliphatic heterocycles. The van der Waals surface area contributed by atoms with E-state index in [0.717, 1.165) is 11.5 Å². The van der Waals surface area contributed by atoms with Gasteiger partial charge in [-0.05, 0) is 13.0 Å². The molecule has 0 aliphatic carbocycles. The molecule has 130 valence electrons. The van der Waals surface area contributed by atoms with E-state index in [1.165, 1.54) is 14.2 Å². The van der Waals surface area contributed by atoms with Gasteiger partial charge in [-0.1, -0.05) is 0 Å². The van der Waals surface area contributed by atoms with E-state index >= 15 is 0 Å². The van der Waals surface area contributed by atoms with Gasteiger partial charge in [0, 0.05) is 38.2 Å². The molecule has 0 bridgehead atoms. The van der Waals surface area contributed by atoms with Crippen LogP contribution < -0.4 is 14.8 Å². The monoisotopic (exact) mass is 334 g/mol. The summed E-state index contributed by atoms with van der Waals surface area (Å²) < 4.78 is 17.3. The summed E-state index contributed by atoms with van der Waals surface area (Å²) in [7, 11) is 4.59. The van der Waals surface area contributed by atoms with Gasteiger partial charge in [0.15, 0.2) is 0 Å². The van der Waals surface area contributed by atoms with Crippen LogP contribution in [-0.4, -0.2) is 48.3 Å². The first-order valence-corrected chi connectivity index (χ1v) is 7.47. The molecule has 2 heterocycles. The number of aromatic nitrogens is 3. The number of hydrogen-bond acceptors (Lipinski definition) is 6. The molecule has 0 radical (unpaired) electrons. The zero-order valence-electron chi connectivity index (χ0n) is 14.3. The van der Waals surface area contributed by atoms with Crippen molar-refractivity contribution in [1.29, 1.82) is 0 Å². The van der Waals surface area contributed by atoms with Crippen LogP contribution in [0.4, 0.5) is 0 Å². The number of aryl methyl sites for hydroxylation is 1. The topological polar surface area (TPSA) is 87.5 Å². The summed E-state index contributed by atoms with van der Waals surface area (Å²) >= 11 is 0. The first kappa shape index (κ1) is 17.7. The van der Waals surface area contributed by atoms with Gasteiger partial charge in [0.1, 0.15) is 18.0 Å². The molecule has 0 spiro atoms. The SMILES string of the molecule is COCc1ncc(C)n1CCNC(=O)c1ccc(OC)nc1OC. The van der Waals surface area contributed by atoms with Crippen LogP contribution in [-0.2, 0) is 17.9 Å². The van der Waals surface area contributed by atoms with Gasteiger partial charge in [0.2, 0.25) is 11.8 Å². The summed E-state index contributed by atoms with van der Waals surface area (Å²) in [4.78, 5) is 20.7. The van der Waals surface area contributed by atoms with Crippen LogP contribution in [0.15, 0.2) is 18.3 Å². The van der Waals surface area contributed by atoms with E-state index in [0.29, 0.717) is 31.1 Å². The van der Waals surface area contributed by atoms with Crippen molar-refractivity contribution in [2.24, 2.45) is 0 Å². The molecule has 1 amide bonds. The minimum atomic E-state index is -0.256. The van der Waals surface area contributed by atoms with Crippen molar-refractivity contribution >= 4 is 5.91 Å². The van der Waals surface area contributed by atoms with Crippen molar-refractivity contribution in [3.05, 3.63) is 35.4 Å². The molecule has 2 rings (SSSR count). The molecule has 0 saturated carbocycles. The van der Waals surface area contributed by atoms with E-state index in [-0.39, 0.29) is 11.8 Å². The highest BCUT2D eigenvalue weighted by Gasteiger charge is 2.15.